The Kier molecular flexibility index (Phi) is 6.55. The van der Waals surface area contributed by atoms with Gasteiger partial charge in [-0.15, -0.1) is 0 Å². The summed E-state index contributed by atoms with van der Waals surface area (Å²) >= 11 is 2.88. The van der Waals surface area contributed by atoms with Crippen molar-refractivity contribution in [2.24, 2.45) is 0 Å². The molecule has 3 heteroatoms. The van der Waals surface area contributed by atoms with Gasteiger partial charge in [0.1, 0.15) is 0 Å². The second-order valence-corrected chi connectivity index (χ2v) is 8.99. The van der Waals surface area contributed by atoms with Crippen LogP contribution in [0.1, 0.15) is 0 Å². The first-order valence-corrected chi connectivity index (χ1v) is 10.0. The molecule has 23 heavy (non-hydrogen) atoms. The molecule has 0 saturated heterocycles. The predicted molar refractivity (Wildman–Crippen MR) is 97.5 cm³/mol. The molecule has 0 amide bonds. The van der Waals surface area contributed by atoms with Gasteiger partial charge in [0.15, 0.2) is 0 Å². The second kappa shape index (κ2) is 8.42. The summed E-state index contributed by atoms with van der Waals surface area (Å²) in [6.07, 6.45) is 0. The third-order valence-electron chi connectivity index (χ3n) is 3.86. The molecule has 0 nitrogen and oxygen atoms in total. The molecule has 3 rings (SSSR count). The Morgan fingerprint density at radius 1 is 0.565 bits per heavy atom. The molecule has 0 aliphatic carbocycles. The third kappa shape index (κ3) is 3.56. The molecule has 0 aliphatic rings. The standard InChI is InChI=1S/C20H16SeSi.Li/c21-16-17-22(18-10-4-1-5-11-18,19-12-6-2-7-13-19)20-14-8-3-9-15-20;/h1-15,21H;/q;+1/p-1. The van der Waals surface area contributed by atoms with Crippen LogP contribution in [0.3, 0.4) is 0 Å². The van der Waals surface area contributed by atoms with Crippen molar-refractivity contribution in [3.63, 3.8) is 0 Å². The van der Waals surface area contributed by atoms with Crippen molar-refractivity contribution in [2.45, 2.75) is 0 Å². The van der Waals surface area contributed by atoms with E-state index in [-0.39, 0.29) is 18.9 Å². The van der Waals surface area contributed by atoms with Gasteiger partial charge in [0.2, 0.25) is 0 Å². The van der Waals surface area contributed by atoms with Gasteiger partial charge in [-0.25, -0.2) is 0 Å². The van der Waals surface area contributed by atoms with Gasteiger partial charge in [-0.2, -0.15) is 0 Å². The normalized spacial score (nSPS) is 10.1. The molecule has 0 saturated carbocycles. The fraction of sp³-hybridized carbons (Fsp3) is 0. The predicted octanol–water partition coefficient (Wildman–Crippen LogP) is -1.17. The Morgan fingerprint density at radius 3 is 1.13 bits per heavy atom. The number of hydrogen-bond donors (Lipinski definition) is 0. The van der Waals surface area contributed by atoms with Gasteiger partial charge in [0, 0.05) is 0 Å². The van der Waals surface area contributed by atoms with E-state index in [0.29, 0.717) is 0 Å². The summed E-state index contributed by atoms with van der Waals surface area (Å²) in [6, 6.07) is 32.0. The molecule has 106 valence electrons. The van der Waals surface area contributed by atoms with E-state index in [9.17, 15) is 0 Å². The zero-order valence-electron chi connectivity index (χ0n) is 13.1. The quantitative estimate of drug-likeness (QED) is 0.310. The number of benzene rings is 3. The zero-order chi connectivity index (χ0) is 15.3. The van der Waals surface area contributed by atoms with Gasteiger partial charge < -0.3 is 0 Å². The van der Waals surface area contributed by atoms with E-state index in [1.165, 1.54) is 15.6 Å². The molecule has 0 radical (unpaired) electrons. The van der Waals surface area contributed by atoms with Crippen molar-refractivity contribution in [1.82, 2.24) is 0 Å². The molecular weight excluding hydrogens is 354 g/mol. The summed E-state index contributed by atoms with van der Waals surface area (Å²) < 4.78 is 0. The first-order chi connectivity index (χ1) is 10.9. The molecule has 0 spiro atoms. The Morgan fingerprint density at radius 2 is 0.870 bits per heavy atom. The average Bonchev–Trinajstić information content (AvgIpc) is 2.62. The van der Waals surface area contributed by atoms with Crippen LogP contribution in [-0.4, -0.2) is 24.1 Å². The molecule has 0 heterocycles. The van der Waals surface area contributed by atoms with Crippen molar-refractivity contribution in [3.05, 3.63) is 91.0 Å². The molecular formula is C20H15LiSeSi. The van der Waals surface area contributed by atoms with E-state index in [4.69, 9.17) is 0 Å². The van der Waals surface area contributed by atoms with Gasteiger partial charge in [-0.3, -0.25) is 0 Å². The van der Waals surface area contributed by atoms with E-state index in [0.717, 1.165) is 0 Å². The fourth-order valence-electron chi connectivity index (χ4n) is 2.86. The summed E-state index contributed by atoms with van der Waals surface area (Å²) in [5.41, 5.74) is 3.58. The van der Waals surface area contributed by atoms with Crippen LogP contribution in [0, 0.1) is 10.4 Å². The first-order valence-electron chi connectivity index (χ1n) is 7.19. The van der Waals surface area contributed by atoms with Gasteiger partial charge in [-0.05, 0) is 0 Å². The Labute approximate surface area is 159 Å². The van der Waals surface area contributed by atoms with Gasteiger partial charge in [0.05, 0.1) is 0 Å². The van der Waals surface area contributed by atoms with Crippen molar-refractivity contribution < 1.29 is 18.9 Å². The van der Waals surface area contributed by atoms with Crippen LogP contribution in [0.2, 0.25) is 0 Å². The molecule has 0 atom stereocenters. The average molecular weight is 369 g/mol. The topological polar surface area (TPSA) is 0 Å². The molecule has 0 fully saturated rings. The Hall–Kier alpha value is -1.45. The van der Waals surface area contributed by atoms with Crippen molar-refractivity contribution in [1.29, 1.82) is 0 Å². The summed E-state index contributed by atoms with van der Waals surface area (Å²) in [4.78, 5) is 3.09. The van der Waals surface area contributed by atoms with E-state index in [1.54, 1.807) is 0 Å². The van der Waals surface area contributed by atoms with Crippen LogP contribution < -0.4 is 34.4 Å². The number of hydrogen-bond acceptors (Lipinski definition) is 0. The summed E-state index contributed by atoms with van der Waals surface area (Å²) in [7, 11) is -2.32. The number of rotatable bonds is 3. The summed E-state index contributed by atoms with van der Waals surface area (Å²) in [6.45, 7) is 0. The van der Waals surface area contributed by atoms with Crippen LogP contribution in [0.15, 0.2) is 91.0 Å². The van der Waals surface area contributed by atoms with Crippen LogP contribution >= 0.6 is 0 Å². The van der Waals surface area contributed by atoms with Crippen LogP contribution in [-0.2, 0) is 0 Å². The van der Waals surface area contributed by atoms with Crippen molar-refractivity contribution >= 4 is 39.6 Å². The second-order valence-electron chi connectivity index (χ2n) is 5.08. The zero-order valence-corrected chi connectivity index (χ0v) is 15.8. The first kappa shape index (κ1) is 17.9. The van der Waals surface area contributed by atoms with E-state index < -0.39 is 8.07 Å². The molecule has 0 aromatic heterocycles. The maximum atomic E-state index is 3.58. The molecule has 0 bridgehead atoms. The molecule has 3 aromatic rings. The third-order valence-corrected chi connectivity index (χ3v) is 8.58. The van der Waals surface area contributed by atoms with Crippen molar-refractivity contribution in [2.75, 3.05) is 0 Å². The Bertz CT molecular complexity index is 696. The van der Waals surface area contributed by atoms with Crippen LogP contribution in [0.5, 0.6) is 0 Å². The SMILES string of the molecule is [Li+].[Se-]C#C[Si](c1ccccc1)(c1ccccc1)c1ccccc1. The monoisotopic (exact) mass is 370 g/mol. The summed E-state index contributed by atoms with van der Waals surface area (Å²) in [5.74, 6) is 0. The van der Waals surface area contributed by atoms with Crippen molar-refractivity contribution in [3.8, 4) is 10.4 Å². The van der Waals surface area contributed by atoms with Gasteiger partial charge in [0.25, 0.3) is 0 Å². The van der Waals surface area contributed by atoms with Gasteiger partial charge >= 0.3 is 160 Å². The minimum absolute atomic E-state index is 0. The maximum absolute atomic E-state index is 3.58. The molecule has 3 aromatic carbocycles. The van der Waals surface area contributed by atoms with Gasteiger partial charge in [-0.1, -0.05) is 0 Å². The Balaban J connectivity index is 0.00000192. The summed E-state index contributed by atoms with van der Waals surface area (Å²) in [5, 5.41) is 3.94. The van der Waals surface area contributed by atoms with Crippen LogP contribution in [0.4, 0.5) is 0 Å². The van der Waals surface area contributed by atoms with Crippen LogP contribution in [0.25, 0.3) is 0 Å². The molecule has 0 unspecified atom stereocenters. The minimum atomic E-state index is -2.32. The molecule has 0 aliphatic heterocycles. The van der Waals surface area contributed by atoms with E-state index in [1.807, 2.05) is 0 Å². The van der Waals surface area contributed by atoms with E-state index in [2.05, 4.69) is 117 Å². The van der Waals surface area contributed by atoms with E-state index >= 15 is 0 Å². The fourth-order valence-corrected chi connectivity index (χ4v) is 7.48. The molecule has 0 N–H and O–H groups in total.